The molecule has 0 bridgehead atoms. The number of nitrogens with one attached hydrogen (secondary N) is 1. The van der Waals surface area contributed by atoms with E-state index in [1.54, 1.807) is 6.20 Å². The Morgan fingerprint density at radius 1 is 1.14 bits per heavy atom. The van der Waals surface area contributed by atoms with E-state index in [4.69, 9.17) is 11.6 Å². The number of hydrogen-bond donors (Lipinski definition) is 1. The van der Waals surface area contributed by atoms with Crippen molar-refractivity contribution >= 4 is 28.8 Å². The van der Waals surface area contributed by atoms with Crippen LogP contribution in [0.5, 0.6) is 0 Å². The number of benzene rings is 1. The number of hydrogen-bond acceptors (Lipinski definition) is 4. The molecule has 1 aromatic carbocycles. The molecule has 0 saturated carbocycles. The van der Waals surface area contributed by atoms with Crippen molar-refractivity contribution in [3.63, 3.8) is 0 Å². The number of aryl methyl sites for hydroxylation is 1. The summed E-state index contributed by atoms with van der Waals surface area (Å²) in [5.41, 5.74) is 3.11. The fraction of sp³-hybridized carbons (Fsp3) is 0.412. The van der Waals surface area contributed by atoms with Crippen LogP contribution in [-0.4, -0.2) is 23.1 Å². The summed E-state index contributed by atoms with van der Waals surface area (Å²) in [6, 6.07) is 8.46. The van der Waals surface area contributed by atoms with Gasteiger partial charge in [-0.1, -0.05) is 18.5 Å². The monoisotopic (exact) mass is 316 g/mol. The Morgan fingerprint density at radius 2 is 1.86 bits per heavy atom. The van der Waals surface area contributed by atoms with Crippen LogP contribution in [0.25, 0.3) is 0 Å². The van der Waals surface area contributed by atoms with Gasteiger partial charge < -0.3 is 10.2 Å². The highest BCUT2D eigenvalue weighted by molar-refractivity contribution is 6.30. The zero-order valence-electron chi connectivity index (χ0n) is 12.8. The second-order valence-electron chi connectivity index (χ2n) is 5.57. The molecule has 1 saturated heterocycles. The first kappa shape index (κ1) is 15.1. The van der Waals surface area contributed by atoms with Gasteiger partial charge in [0.15, 0.2) is 11.0 Å². The number of rotatable bonds is 4. The minimum atomic E-state index is 0.470. The standard InChI is InChI=1S/C17H21ClN4/c1-2-15-17(18)21-16(12-19-15)20-13-6-8-14(9-7-13)22-10-4-3-5-11-22/h6-9,12H,2-5,10-11H2,1H3,(H,20,21). The third-order valence-corrected chi connectivity index (χ3v) is 4.30. The molecule has 3 rings (SSSR count). The van der Waals surface area contributed by atoms with Crippen molar-refractivity contribution in [1.29, 1.82) is 0 Å². The molecule has 22 heavy (non-hydrogen) atoms. The van der Waals surface area contributed by atoms with Crippen molar-refractivity contribution < 1.29 is 0 Å². The molecular formula is C17H21ClN4. The largest absolute Gasteiger partial charge is 0.372 e. The smallest absolute Gasteiger partial charge is 0.152 e. The topological polar surface area (TPSA) is 41.1 Å². The van der Waals surface area contributed by atoms with Crippen LogP contribution < -0.4 is 10.2 Å². The molecule has 0 spiro atoms. The highest BCUT2D eigenvalue weighted by atomic mass is 35.5. The maximum absolute atomic E-state index is 6.10. The van der Waals surface area contributed by atoms with Crippen molar-refractivity contribution in [2.24, 2.45) is 0 Å². The van der Waals surface area contributed by atoms with Gasteiger partial charge in [-0.25, -0.2) is 4.98 Å². The summed E-state index contributed by atoms with van der Waals surface area (Å²) < 4.78 is 0. The molecule has 1 fully saturated rings. The van der Waals surface area contributed by atoms with E-state index in [9.17, 15) is 0 Å². The molecule has 0 unspecified atom stereocenters. The van der Waals surface area contributed by atoms with E-state index in [2.05, 4.69) is 44.5 Å². The highest BCUT2D eigenvalue weighted by Gasteiger charge is 2.10. The molecule has 2 heterocycles. The molecule has 4 nitrogen and oxygen atoms in total. The first-order valence-corrected chi connectivity index (χ1v) is 8.27. The number of halogens is 1. The molecule has 0 aliphatic carbocycles. The van der Waals surface area contributed by atoms with Crippen molar-refractivity contribution in [3.8, 4) is 0 Å². The molecule has 2 aromatic rings. The van der Waals surface area contributed by atoms with Gasteiger partial charge in [-0.15, -0.1) is 0 Å². The van der Waals surface area contributed by atoms with Gasteiger partial charge in [0, 0.05) is 24.5 Å². The van der Waals surface area contributed by atoms with Gasteiger partial charge in [-0.2, -0.15) is 0 Å². The second-order valence-corrected chi connectivity index (χ2v) is 5.92. The Hall–Kier alpha value is -1.81. The first-order chi connectivity index (χ1) is 10.8. The summed E-state index contributed by atoms with van der Waals surface area (Å²) in [6.07, 6.45) is 6.44. The van der Waals surface area contributed by atoms with Crippen LogP contribution in [0.3, 0.4) is 0 Å². The third kappa shape index (κ3) is 3.50. The fourth-order valence-corrected chi connectivity index (χ4v) is 3.02. The quantitative estimate of drug-likeness (QED) is 0.906. The zero-order chi connectivity index (χ0) is 15.4. The van der Waals surface area contributed by atoms with Crippen molar-refractivity contribution in [3.05, 3.63) is 41.3 Å². The SMILES string of the molecule is CCc1ncc(Nc2ccc(N3CCCCC3)cc2)nc1Cl. The molecule has 0 amide bonds. The average molecular weight is 317 g/mol. The van der Waals surface area contributed by atoms with Gasteiger partial charge in [0.25, 0.3) is 0 Å². The Morgan fingerprint density at radius 3 is 2.50 bits per heavy atom. The summed E-state index contributed by atoms with van der Waals surface area (Å²) in [7, 11) is 0. The molecule has 1 aromatic heterocycles. The zero-order valence-corrected chi connectivity index (χ0v) is 13.6. The fourth-order valence-electron chi connectivity index (χ4n) is 2.74. The Labute approximate surface area is 136 Å². The molecule has 5 heteroatoms. The van der Waals surface area contributed by atoms with Gasteiger partial charge in [0.05, 0.1) is 11.9 Å². The van der Waals surface area contributed by atoms with E-state index >= 15 is 0 Å². The Bertz CT molecular complexity index is 621. The summed E-state index contributed by atoms with van der Waals surface area (Å²) in [6.45, 7) is 4.33. The lowest BCUT2D eigenvalue weighted by Crippen LogP contribution is -2.29. The van der Waals surface area contributed by atoms with Gasteiger partial charge in [-0.3, -0.25) is 4.98 Å². The van der Waals surface area contributed by atoms with Crippen LogP contribution >= 0.6 is 11.6 Å². The number of anilines is 3. The summed E-state index contributed by atoms with van der Waals surface area (Å²) in [5.74, 6) is 0.674. The first-order valence-electron chi connectivity index (χ1n) is 7.89. The minimum Gasteiger partial charge on any atom is -0.372 e. The second kappa shape index (κ2) is 6.97. The molecule has 1 aliphatic heterocycles. The van der Waals surface area contributed by atoms with Gasteiger partial charge in [0.2, 0.25) is 0 Å². The maximum atomic E-state index is 6.10. The Kier molecular flexibility index (Phi) is 4.78. The Balaban J connectivity index is 1.69. The molecule has 1 N–H and O–H groups in total. The van der Waals surface area contributed by atoms with Crippen molar-refractivity contribution in [2.45, 2.75) is 32.6 Å². The molecule has 116 valence electrons. The minimum absolute atomic E-state index is 0.470. The normalized spacial score (nSPS) is 14.9. The van der Waals surface area contributed by atoms with E-state index < -0.39 is 0 Å². The van der Waals surface area contributed by atoms with Gasteiger partial charge in [-0.05, 0) is 49.9 Å². The van der Waals surface area contributed by atoms with Gasteiger partial charge >= 0.3 is 0 Å². The van der Waals surface area contributed by atoms with Crippen molar-refractivity contribution in [2.75, 3.05) is 23.3 Å². The lowest BCUT2D eigenvalue weighted by Gasteiger charge is -2.28. The summed E-state index contributed by atoms with van der Waals surface area (Å²) >= 11 is 6.10. The van der Waals surface area contributed by atoms with Crippen LogP contribution in [0.1, 0.15) is 31.9 Å². The summed E-state index contributed by atoms with van der Waals surface area (Å²) in [5, 5.41) is 3.72. The maximum Gasteiger partial charge on any atom is 0.152 e. The van der Waals surface area contributed by atoms with Crippen molar-refractivity contribution in [1.82, 2.24) is 9.97 Å². The van der Waals surface area contributed by atoms with E-state index in [1.807, 2.05) is 6.92 Å². The van der Waals surface area contributed by atoms with E-state index in [1.165, 1.54) is 24.9 Å². The average Bonchev–Trinajstić information content (AvgIpc) is 2.57. The van der Waals surface area contributed by atoms with E-state index in [0.717, 1.165) is 30.9 Å². The summed E-state index contributed by atoms with van der Waals surface area (Å²) in [4.78, 5) is 11.1. The third-order valence-electron chi connectivity index (χ3n) is 4.00. The lowest BCUT2D eigenvalue weighted by atomic mass is 10.1. The molecular weight excluding hydrogens is 296 g/mol. The number of aromatic nitrogens is 2. The lowest BCUT2D eigenvalue weighted by molar-refractivity contribution is 0.578. The van der Waals surface area contributed by atoms with Gasteiger partial charge in [0.1, 0.15) is 0 Å². The predicted octanol–water partition coefficient (Wildman–Crippen LogP) is 4.43. The molecule has 0 atom stereocenters. The van der Waals surface area contributed by atoms with E-state index in [-0.39, 0.29) is 0 Å². The van der Waals surface area contributed by atoms with Crippen LogP contribution in [0.4, 0.5) is 17.2 Å². The highest BCUT2D eigenvalue weighted by Crippen LogP contribution is 2.23. The van der Waals surface area contributed by atoms with Crippen LogP contribution in [0.2, 0.25) is 5.15 Å². The van der Waals surface area contributed by atoms with Crippen LogP contribution in [0, 0.1) is 0 Å². The molecule has 1 aliphatic rings. The number of piperidine rings is 1. The number of nitrogens with zero attached hydrogens (tertiary/aromatic N) is 3. The molecule has 0 radical (unpaired) electrons. The predicted molar refractivity (Wildman–Crippen MR) is 92.2 cm³/mol. The van der Waals surface area contributed by atoms with Crippen LogP contribution in [-0.2, 0) is 6.42 Å². The van der Waals surface area contributed by atoms with Crippen LogP contribution in [0.15, 0.2) is 30.5 Å². The van der Waals surface area contributed by atoms with E-state index in [0.29, 0.717) is 11.0 Å².